The van der Waals surface area contributed by atoms with Crippen LogP contribution >= 0.6 is 11.3 Å². The number of carbonyl (C=O) groups excluding carboxylic acids is 2. The number of fused-ring (bicyclic) bond motifs is 1. The quantitative estimate of drug-likeness (QED) is 0.670. The summed E-state index contributed by atoms with van der Waals surface area (Å²) in [5.41, 5.74) is 2.79. The largest absolute Gasteiger partial charge is 0.347 e. The highest BCUT2D eigenvalue weighted by atomic mass is 32.1. The Hall–Kier alpha value is -2.50. The summed E-state index contributed by atoms with van der Waals surface area (Å²) in [5.74, 6) is -0.000366. The minimum atomic E-state index is -0.000366. The average Bonchev–Trinajstić information content (AvgIpc) is 3.19. The highest BCUT2D eigenvalue weighted by Crippen LogP contribution is 2.32. The van der Waals surface area contributed by atoms with Crippen molar-refractivity contribution in [2.24, 2.45) is 0 Å². The summed E-state index contributed by atoms with van der Waals surface area (Å²) in [6.07, 6.45) is 3.05. The van der Waals surface area contributed by atoms with Crippen LogP contribution in [0.15, 0.2) is 42.5 Å². The van der Waals surface area contributed by atoms with Gasteiger partial charge in [0.25, 0.3) is 5.91 Å². The molecule has 0 bridgehead atoms. The van der Waals surface area contributed by atoms with Gasteiger partial charge in [0.05, 0.1) is 4.88 Å². The van der Waals surface area contributed by atoms with Crippen molar-refractivity contribution >= 4 is 34.3 Å². The number of amides is 1. The van der Waals surface area contributed by atoms with Crippen molar-refractivity contribution in [3.05, 3.63) is 58.5 Å². The number of piperidine rings is 1. The molecule has 1 atom stereocenters. The van der Waals surface area contributed by atoms with Crippen molar-refractivity contribution in [1.29, 1.82) is 0 Å². The molecule has 0 radical (unpaired) electrons. The van der Waals surface area contributed by atoms with Gasteiger partial charge in [0.1, 0.15) is 0 Å². The van der Waals surface area contributed by atoms with E-state index in [1.54, 1.807) is 0 Å². The molecule has 138 valence electrons. The van der Waals surface area contributed by atoms with Crippen LogP contribution in [-0.4, -0.2) is 31.3 Å². The van der Waals surface area contributed by atoms with E-state index in [0.717, 1.165) is 69.4 Å². The van der Waals surface area contributed by atoms with Crippen LogP contribution in [0.1, 0.15) is 38.4 Å². The predicted molar refractivity (Wildman–Crippen MR) is 111 cm³/mol. The lowest BCUT2D eigenvalue weighted by molar-refractivity contribution is 0.0934. The average molecular weight is 378 g/mol. The van der Waals surface area contributed by atoms with Crippen LogP contribution < -0.4 is 10.6 Å². The number of nitrogens with one attached hydrogen (secondary N) is 2. The number of aldehydes is 1. The molecule has 3 aromatic rings. The molecular formula is C22H22N2O2S. The molecule has 4 nitrogen and oxygen atoms in total. The highest BCUT2D eigenvalue weighted by Gasteiger charge is 2.18. The summed E-state index contributed by atoms with van der Waals surface area (Å²) in [6.45, 7) is 3.82. The Morgan fingerprint density at radius 2 is 2.11 bits per heavy atom. The highest BCUT2D eigenvalue weighted by molar-refractivity contribution is 7.17. The molecule has 27 heavy (non-hydrogen) atoms. The summed E-state index contributed by atoms with van der Waals surface area (Å²) < 4.78 is 0. The number of hydrogen-bond acceptors (Lipinski definition) is 4. The van der Waals surface area contributed by atoms with Gasteiger partial charge in [-0.3, -0.25) is 9.59 Å². The standard InChI is InChI=1S/C22H22N2O2S/c1-14-4-5-15-11-16(6-7-18(15)19(14)13-25)20-8-9-21(27-20)22(26)24-17-3-2-10-23-12-17/h4-9,11,13,17,23H,2-3,10,12H2,1H3,(H,24,26). The van der Waals surface area contributed by atoms with Gasteiger partial charge in [0.15, 0.2) is 6.29 Å². The third-order valence-electron chi connectivity index (χ3n) is 5.14. The maximum atomic E-state index is 12.5. The lowest BCUT2D eigenvalue weighted by Crippen LogP contribution is -2.45. The van der Waals surface area contributed by atoms with Crippen molar-refractivity contribution < 1.29 is 9.59 Å². The first-order valence-corrected chi connectivity index (χ1v) is 10.1. The number of benzene rings is 2. The van der Waals surface area contributed by atoms with Crippen molar-refractivity contribution in [3.63, 3.8) is 0 Å². The fraction of sp³-hybridized carbons (Fsp3) is 0.273. The molecule has 1 aromatic heterocycles. The summed E-state index contributed by atoms with van der Waals surface area (Å²) in [7, 11) is 0. The third kappa shape index (κ3) is 3.66. The lowest BCUT2D eigenvalue weighted by Gasteiger charge is -2.23. The Balaban J connectivity index is 1.58. The number of hydrogen-bond donors (Lipinski definition) is 2. The van der Waals surface area contributed by atoms with Crippen molar-refractivity contribution in [2.75, 3.05) is 13.1 Å². The molecule has 2 N–H and O–H groups in total. The van der Waals surface area contributed by atoms with Crippen LogP contribution in [0.4, 0.5) is 0 Å². The van der Waals surface area contributed by atoms with Gasteiger partial charge in [-0.1, -0.05) is 24.3 Å². The molecular weight excluding hydrogens is 356 g/mol. The van der Waals surface area contributed by atoms with E-state index in [0.29, 0.717) is 0 Å². The van der Waals surface area contributed by atoms with Crippen LogP contribution in [0.2, 0.25) is 0 Å². The van der Waals surface area contributed by atoms with E-state index in [1.165, 1.54) is 11.3 Å². The van der Waals surface area contributed by atoms with Crippen LogP contribution in [0.25, 0.3) is 21.2 Å². The Morgan fingerprint density at radius 3 is 2.89 bits per heavy atom. The summed E-state index contributed by atoms with van der Waals surface area (Å²) in [6, 6.07) is 14.2. The second-order valence-corrected chi connectivity index (χ2v) is 8.11. The van der Waals surface area contributed by atoms with E-state index in [4.69, 9.17) is 0 Å². The Bertz CT molecular complexity index is 1000. The van der Waals surface area contributed by atoms with E-state index in [2.05, 4.69) is 16.7 Å². The van der Waals surface area contributed by atoms with E-state index < -0.39 is 0 Å². The molecule has 1 unspecified atom stereocenters. The molecule has 0 aliphatic carbocycles. The molecule has 2 heterocycles. The molecule has 1 saturated heterocycles. The summed E-state index contributed by atoms with van der Waals surface area (Å²) >= 11 is 1.50. The van der Waals surface area contributed by atoms with Gasteiger partial charge in [-0.15, -0.1) is 11.3 Å². The zero-order valence-electron chi connectivity index (χ0n) is 15.2. The maximum Gasteiger partial charge on any atom is 0.261 e. The number of aryl methyl sites for hydroxylation is 1. The predicted octanol–water partition coefficient (Wildman–Crippen LogP) is 4.17. The molecule has 1 fully saturated rings. The Labute approximate surface area is 162 Å². The Kier molecular flexibility index (Phi) is 5.05. The molecule has 1 aliphatic rings. The molecule has 2 aromatic carbocycles. The second-order valence-electron chi connectivity index (χ2n) is 7.03. The van der Waals surface area contributed by atoms with E-state index in [9.17, 15) is 9.59 Å². The van der Waals surface area contributed by atoms with Gasteiger partial charge in [-0.25, -0.2) is 0 Å². The topological polar surface area (TPSA) is 58.2 Å². The number of rotatable bonds is 4. The van der Waals surface area contributed by atoms with Crippen molar-refractivity contribution in [2.45, 2.75) is 25.8 Å². The lowest BCUT2D eigenvalue weighted by atomic mass is 9.98. The van der Waals surface area contributed by atoms with Gasteiger partial charge in [0, 0.05) is 23.0 Å². The van der Waals surface area contributed by atoms with Gasteiger partial charge >= 0.3 is 0 Å². The van der Waals surface area contributed by atoms with Crippen LogP contribution in [0.3, 0.4) is 0 Å². The van der Waals surface area contributed by atoms with Gasteiger partial charge < -0.3 is 10.6 Å². The fourth-order valence-corrected chi connectivity index (χ4v) is 4.52. The van der Waals surface area contributed by atoms with Gasteiger partial charge in [-0.2, -0.15) is 0 Å². The normalized spacial score (nSPS) is 17.0. The van der Waals surface area contributed by atoms with Crippen LogP contribution in [0.5, 0.6) is 0 Å². The van der Waals surface area contributed by atoms with Crippen LogP contribution in [0, 0.1) is 6.92 Å². The van der Waals surface area contributed by atoms with E-state index >= 15 is 0 Å². The fourth-order valence-electron chi connectivity index (χ4n) is 3.62. The molecule has 0 saturated carbocycles. The maximum absolute atomic E-state index is 12.5. The molecule has 0 spiro atoms. The number of thiophene rings is 1. The minimum absolute atomic E-state index is 0.000366. The number of carbonyl (C=O) groups is 2. The Morgan fingerprint density at radius 1 is 1.22 bits per heavy atom. The molecule has 1 aliphatic heterocycles. The van der Waals surface area contributed by atoms with E-state index in [1.807, 2.05) is 43.3 Å². The summed E-state index contributed by atoms with van der Waals surface area (Å²) in [4.78, 5) is 25.7. The van der Waals surface area contributed by atoms with E-state index in [-0.39, 0.29) is 11.9 Å². The zero-order chi connectivity index (χ0) is 18.8. The molecule has 5 heteroatoms. The second kappa shape index (κ2) is 7.62. The van der Waals surface area contributed by atoms with Gasteiger partial charge in [-0.05, 0) is 66.4 Å². The SMILES string of the molecule is Cc1ccc2cc(-c3ccc(C(=O)NC4CCCNC4)s3)ccc2c1C=O. The first-order chi connectivity index (χ1) is 13.2. The van der Waals surface area contributed by atoms with Crippen LogP contribution in [-0.2, 0) is 0 Å². The van der Waals surface area contributed by atoms with Crippen molar-refractivity contribution in [3.8, 4) is 10.4 Å². The summed E-state index contributed by atoms with van der Waals surface area (Å²) in [5, 5.41) is 8.44. The third-order valence-corrected chi connectivity index (χ3v) is 6.28. The molecule has 4 rings (SSSR count). The minimum Gasteiger partial charge on any atom is -0.347 e. The zero-order valence-corrected chi connectivity index (χ0v) is 16.1. The van der Waals surface area contributed by atoms with Crippen molar-refractivity contribution in [1.82, 2.24) is 10.6 Å². The first-order valence-electron chi connectivity index (χ1n) is 9.26. The monoisotopic (exact) mass is 378 g/mol. The molecule has 1 amide bonds. The van der Waals surface area contributed by atoms with Gasteiger partial charge in [0.2, 0.25) is 0 Å². The first kappa shape index (κ1) is 17.9. The smallest absolute Gasteiger partial charge is 0.261 e.